The molecule has 0 aromatic carbocycles. The number of aliphatic hydroxyl groups excluding tert-OH is 1. The summed E-state index contributed by atoms with van der Waals surface area (Å²) in [7, 11) is 0. The predicted octanol–water partition coefficient (Wildman–Crippen LogP) is 2.97. The van der Waals surface area contributed by atoms with E-state index >= 15 is 0 Å². The van der Waals surface area contributed by atoms with E-state index < -0.39 is 6.10 Å². The minimum Gasteiger partial charge on any atom is -0.464 e. The van der Waals surface area contributed by atoms with E-state index in [1.807, 2.05) is 19.1 Å². The highest BCUT2D eigenvalue weighted by Crippen LogP contribution is 2.24. The molecule has 1 N–H and O–H groups in total. The van der Waals surface area contributed by atoms with Gasteiger partial charge in [0, 0.05) is 6.61 Å². The van der Waals surface area contributed by atoms with Crippen LogP contribution in [0.25, 0.3) is 0 Å². The first-order valence-corrected chi connectivity index (χ1v) is 6.11. The molecule has 0 aliphatic carbocycles. The molecule has 2 unspecified atom stereocenters. The van der Waals surface area contributed by atoms with Crippen molar-refractivity contribution in [1.82, 2.24) is 0 Å². The zero-order valence-corrected chi connectivity index (χ0v) is 9.82. The summed E-state index contributed by atoms with van der Waals surface area (Å²) in [5.74, 6) is 1.54. The van der Waals surface area contributed by atoms with E-state index in [4.69, 9.17) is 9.15 Å². The Hall–Kier alpha value is -0.800. The molecule has 0 saturated carbocycles. The van der Waals surface area contributed by atoms with Gasteiger partial charge in [-0.15, -0.1) is 0 Å². The molecule has 1 saturated heterocycles. The molecule has 3 heteroatoms. The van der Waals surface area contributed by atoms with Gasteiger partial charge in [-0.25, -0.2) is 0 Å². The first-order chi connectivity index (χ1) is 7.75. The van der Waals surface area contributed by atoms with Gasteiger partial charge < -0.3 is 14.3 Å². The van der Waals surface area contributed by atoms with Crippen LogP contribution in [-0.2, 0) is 4.74 Å². The van der Waals surface area contributed by atoms with E-state index in [1.165, 1.54) is 12.8 Å². The van der Waals surface area contributed by atoms with Crippen LogP contribution in [0.1, 0.15) is 49.7 Å². The fraction of sp³-hybridized carbons (Fsp3) is 0.692. The van der Waals surface area contributed by atoms with Crippen molar-refractivity contribution in [2.45, 2.75) is 51.2 Å². The topological polar surface area (TPSA) is 42.6 Å². The van der Waals surface area contributed by atoms with Gasteiger partial charge in [0.2, 0.25) is 0 Å². The van der Waals surface area contributed by atoms with Gasteiger partial charge in [-0.05, 0) is 51.2 Å². The van der Waals surface area contributed by atoms with Crippen molar-refractivity contribution >= 4 is 0 Å². The maximum atomic E-state index is 9.87. The minimum atomic E-state index is -0.463. The van der Waals surface area contributed by atoms with Crippen molar-refractivity contribution in [3.05, 3.63) is 23.7 Å². The normalized spacial score (nSPS) is 22.5. The first-order valence-electron chi connectivity index (χ1n) is 6.11. The highest BCUT2D eigenvalue weighted by atomic mass is 16.5. The number of hydrogen-bond donors (Lipinski definition) is 1. The third-order valence-electron chi connectivity index (χ3n) is 3.12. The van der Waals surface area contributed by atoms with E-state index in [9.17, 15) is 5.11 Å². The Bertz CT molecular complexity index is 313. The Kier molecular flexibility index (Phi) is 4.02. The lowest BCUT2D eigenvalue weighted by molar-refractivity contribution is 0.0906. The Morgan fingerprint density at radius 2 is 2.38 bits per heavy atom. The van der Waals surface area contributed by atoms with Crippen LogP contribution in [0.2, 0.25) is 0 Å². The molecule has 0 bridgehead atoms. The summed E-state index contributed by atoms with van der Waals surface area (Å²) >= 11 is 0. The maximum absolute atomic E-state index is 9.87. The van der Waals surface area contributed by atoms with Crippen molar-refractivity contribution in [3.8, 4) is 0 Å². The number of rotatable bonds is 5. The summed E-state index contributed by atoms with van der Waals surface area (Å²) < 4.78 is 10.9. The summed E-state index contributed by atoms with van der Waals surface area (Å²) in [5.41, 5.74) is 0. The molecule has 2 atom stereocenters. The van der Waals surface area contributed by atoms with Crippen LogP contribution in [0, 0.1) is 6.92 Å². The Morgan fingerprint density at radius 3 is 3.00 bits per heavy atom. The van der Waals surface area contributed by atoms with Gasteiger partial charge in [0.1, 0.15) is 17.6 Å². The summed E-state index contributed by atoms with van der Waals surface area (Å²) in [4.78, 5) is 0. The first kappa shape index (κ1) is 11.7. The van der Waals surface area contributed by atoms with E-state index in [1.54, 1.807) is 0 Å². The highest BCUT2D eigenvalue weighted by molar-refractivity contribution is 5.07. The largest absolute Gasteiger partial charge is 0.464 e. The predicted molar refractivity (Wildman–Crippen MR) is 61.2 cm³/mol. The molecule has 1 aliphatic rings. The van der Waals surface area contributed by atoms with E-state index in [0.717, 1.165) is 31.6 Å². The second-order valence-corrected chi connectivity index (χ2v) is 4.53. The molecule has 3 nitrogen and oxygen atoms in total. The van der Waals surface area contributed by atoms with Gasteiger partial charge in [0.05, 0.1) is 6.10 Å². The average Bonchev–Trinajstić information content (AvgIpc) is 2.89. The fourth-order valence-electron chi connectivity index (χ4n) is 2.19. The van der Waals surface area contributed by atoms with Crippen LogP contribution in [0.15, 0.2) is 16.5 Å². The number of ether oxygens (including phenoxy) is 1. The second kappa shape index (κ2) is 5.51. The lowest BCUT2D eigenvalue weighted by Gasteiger charge is -2.11. The van der Waals surface area contributed by atoms with Gasteiger partial charge in [0.25, 0.3) is 0 Å². The molecule has 90 valence electrons. The molecule has 0 amide bonds. The zero-order valence-electron chi connectivity index (χ0n) is 9.82. The number of aryl methyl sites for hydroxylation is 1. The molecule has 1 aliphatic heterocycles. The van der Waals surface area contributed by atoms with E-state index in [0.29, 0.717) is 11.9 Å². The minimum absolute atomic E-state index is 0.422. The lowest BCUT2D eigenvalue weighted by atomic mass is 10.1. The quantitative estimate of drug-likeness (QED) is 0.836. The van der Waals surface area contributed by atoms with Gasteiger partial charge in [-0.1, -0.05) is 0 Å². The van der Waals surface area contributed by atoms with Crippen LogP contribution >= 0.6 is 0 Å². The zero-order chi connectivity index (χ0) is 11.4. The smallest absolute Gasteiger partial charge is 0.132 e. The van der Waals surface area contributed by atoms with Gasteiger partial charge in [-0.3, -0.25) is 0 Å². The average molecular weight is 224 g/mol. The molecular formula is C13H20O3. The fourth-order valence-corrected chi connectivity index (χ4v) is 2.19. The molecule has 1 aromatic rings. The summed E-state index contributed by atoms with van der Waals surface area (Å²) in [5, 5.41) is 9.87. The number of hydrogen-bond acceptors (Lipinski definition) is 3. The molecule has 0 radical (unpaired) electrons. The third kappa shape index (κ3) is 3.09. The third-order valence-corrected chi connectivity index (χ3v) is 3.12. The van der Waals surface area contributed by atoms with Gasteiger partial charge in [-0.2, -0.15) is 0 Å². The van der Waals surface area contributed by atoms with Crippen LogP contribution in [-0.4, -0.2) is 17.8 Å². The van der Waals surface area contributed by atoms with Crippen LogP contribution in [0.4, 0.5) is 0 Å². The molecule has 1 fully saturated rings. The molecular weight excluding hydrogens is 204 g/mol. The second-order valence-electron chi connectivity index (χ2n) is 4.53. The van der Waals surface area contributed by atoms with Crippen molar-refractivity contribution in [3.63, 3.8) is 0 Å². The standard InChI is InChI=1S/C13H20O3/c1-10-7-8-13(16-10)12(14)6-2-4-11-5-3-9-15-11/h7-8,11-12,14H,2-6,9H2,1H3. The molecule has 2 rings (SSSR count). The van der Waals surface area contributed by atoms with Crippen molar-refractivity contribution in [1.29, 1.82) is 0 Å². The van der Waals surface area contributed by atoms with Gasteiger partial charge >= 0.3 is 0 Å². The Balaban J connectivity index is 1.69. The summed E-state index contributed by atoms with van der Waals surface area (Å²) in [6.07, 6.45) is 5.12. The summed E-state index contributed by atoms with van der Waals surface area (Å²) in [6, 6.07) is 3.74. The van der Waals surface area contributed by atoms with Crippen LogP contribution in [0.5, 0.6) is 0 Å². The monoisotopic (exact) mass is 224 g/mol. The van der Waals surface area contributed by atoms with Gasteiger partial charge in [0.15, 0.2) is 0 Å². The summed E-state index contributed by atoms with van der Waals surface area (Å²) in [6.45, 7) is 2.80. The van der Waals surface area contributed by atoms with E-state index in [2.05, 4.69) is 0 Å². The highest BCUT2D eigenvalue weighted by Gasteiger charge is 2.17. The van der Waals surface area contributed by atoms with Crippen molar-refractivity contribution in [2.75, 3.05) is 6.61 Å². The van der Waals surface area contributed by atoms with Crippen LogP contribution < -0.4 is 0 Å². The van der Waals surface area contributed by atoms with Crippen molar-refractivity contribution < 1.29 is 14.3 Å². The van der Waals surface area contributed by atoms with Crippen LogP contribution in [0.3, 0.4) is 0 Å². The Morgan fingerprint density at radius 1 is 1.50 bits per heavy atom. The Labute approximate surface area is 96.4 Å². The van der Waals surface area contributed by atoms with Crippen molar-refractivity contribution in [2.24, 2.45) is 0 Å². The molecule has 16 heavy (non-hydrogen) atoms. The lowest BCUT2D eigenvalue weighted by Crippen LogP contribution is -2.05. The molecule has 1 aromatic heterocycles. The molecule has 0 spiro atoms. The number of aliphatic hydroxyl groups is 1. The maximum Gasteiger partial charge on any atom is 0.132 e. The van der Waals surface area contributed by atoms with E-state index in [-0.39, 0.29) is 0 Å². The molecule has 2 heterocycles. The SMILES string of the molecule is Cc1ccc(C(O)CCCC2CCCO2)o1. The number of furan rings is 1.